The summed E-state index contributed by atoms with van der Waals surface area (Å²) < 4.78 is 45.8. The molecule has 3 aromatic carbocycles. The first-order valence-electron chi connectivity index (χ1n) is 11.5. The van der Waals surface area contributed by atoms with Gasteiger partial charge in [0.1, 0.15) is 18.4 Å². The average Bonchev–Trinajstić information content (AvgIpc) is 2.89. The van der Waals surface area contributed by atoms with Gasteiger partial charge in [-0.1, -0.05) is 48.5 Å². The van der Waals surface area contributed by atoms with E-state index in [9.17, 15) is 13.7 Å². The van der Waals surface area contributed by atoms with Gasteiger partial charge in [0.15, 0.2) is 6.29 Å². The van der Waals surface area contributed by atoms with Gasteiger partial charge in [0.2, 0.25) is 0 Å². The number of anilines is 1. The molecule has 0 atom stereocenters. The molecule has 0 bridgehead atoms. The Balaban J connectivity index is 1.98. The molecule has 0 saturated heterocycles. The molecule has 0 aliphatic rings. The van der Waals surface area contributed by atoms with Gasteiger partial charge in [-0.3, -0.25) is 4.31 Å². The van der Waals surface area contributed by atoms with Gasteiger partial charge in [0.05, 0.1) is 16.1 Å². The summed E-state index contributed by atoms with van der Waals surface area (Å²) in [6.07, 6.45) is -0.283. The second-order valence-electron chi connectivity index (χ2n) is 7.58. The Labute approximate surface area is 207 Å². The normalized spacial score (nSPS) is 11.3. The van der Waals surface area contributed by atoms with Crippen LogP contribution in [0.5, 0.6) is 5.75 Å². The van der Waals surface area contributed by atoms with Gasteiger partial charge >= 0.3 is 0 Å². The van der Waals surface area contributed by atoms with E-state index in [4.69, 9.17) is 14.2 Å². The van der Waals surface area contributed by atoms with E-state index in [1.807, 2.05) is 44.2 Å². The molecule has 3 rings (SSSR count). The van der Waals surface area contributed by atoms with E-state index in [-0.39, 0.29) is 29.1 Å². The molecular formula is C27H30N2O5S. The van der Waals surface area contributed by atoms with Crippen LogP contribution in [0.25, 0.3) is 0 Å². The van der Waals surface area contributed by atoms with Gasteiger partial charge < -0.3 is 14.2 Å². The van der Waals surface area contributed by atoms with Crippen molar-refractivity contribution in [3.05, 3.63) is 90.0 Å². The largest absolute Gasteiger partial charge is 0.489 e. The van der Waals surface area contributed by atoms with Crippen molar-refractivity contribution in [1.82, 2.24) is 0 Å². The molecule has 0 amide bonds. The van der Waals surface area contributed by atoms with Crippen molar-refractivity contribution in [2.45, 2.75) is 38.1 Å². The van der Waals surface area contributed by atoms with Crippen molar-refractivity contribution < 1.29 is 22.6 Å². The number of benzene rings is 3. The first-order chi connectivity index (χ1) is 17.0. The summed E-state index contributed by atoms with van der Waals surface area (Å²) >= 11 is 0. The zero-order valence-electron chi connectivity index (χ0n) is 20.0. The highest BCUT2D eigenvalue weighted by molar-refractivity contribution is 7.92. The van der Waals surface area contributed by atoms with E-state index in [2.05, 4.69) is 6.07 Å². The fourth-order valence-electron chi connectivity index (χ4n) is 3.54. The second-order valence-corrected chi connectivity index (χ2v) is 9.45. The zero-order chi connectivity index (χ0) is 25.1. The van der Waals surface area contributed by atoms with Gasteiger partial charge in [-0.25, -0.2) is 8.42 Å². The molecule has 7 nitrogen and oxygen atoms in total. The van der Waals surface area contributed by atoms with Crippen LogP contribution in [0, 0.1) is 11.3 Å². The van der Waals surface area contributed by atoms with E-state index in [0.29, 0.717) is 25.6 Å². The fourth-order valence-corrected chi connectivity index (χ4v) is 5.05. The van der Waals surface area contributed by atoms with Crippen molar-refractivity contribution in [2.75, 3.05) is 24.1 Å². The van der Waals surface area contributed by atoms with E-state index in [1.54, 1.807) is 36.4 Å². The van der Waals surface area contributed by atoms with Crippen LogP contribution in [0.4, 0.5) is 5.69 Å². The Bertz CT molecular complexity index is 1210. The molecule has 8 heteroatoms. The number of nitrogens with zero attached hydrogens (tertiary/aromatic N) is 2. The van der Waals surface area contributed by atoms with Crippen molar-refractivity contribution in [2.24, 2.45) is 0 Å². The van der Waals surface area contributed by atoms with Gasteiger partial charge in [-0.05, 0) is 43.7 Å². The van der Waals surface area contributed by atoms with Crippen molar-refractivity contribution in [1.29, 1.82) is 5.26 Å². The summed E-state index contributed by atoms with van der Waals surface area (Å²) in [4.78, 5) is 0.129. The Kier molecular flexibility index (Phi) is 9.67. The third-order valence-electron chi connectivity index (χ3n) is 5.21. The predicted octanol–water partition coefficient (Wildman–Crippen LogP) is 5.12. The van der Waals surface area contributed by atoms with Crippen LogP contribution in [-0.4, -0.2) is 34.5 Å². The maximum Gasteiger partial charge on any atom is 0.264 e. The van der Waals surface area contributed by atoms with Crippen LogP contribution in [-0.2, 0) is 26.1 Å². The van der Waals surface area contributed by atoms with Crippen LogP contribution in [0.3, 0.4) is 0 Å². The number of hydrogen-bond donors (Lipinski definition) is 0. The third-order valence-corrected chi connectivity index (χ3v) is 7.04. The minimum atomic E-state index is -3.98. The minimum Gasteiger partial charge on any atom is -0.489 e. The SMILES string of the molecule is CCOC(CCN(c1cc(OCc2ccccc2)ccc1C#N)S(=O)(=O)c1ccccc1)OCC. The number of rotatable bonds is 13. The fraction of sp³-hybridized carbons (Fsp3) is 0.296. The third kappa shape index (κ3) is 7.06. The lowest BCUT2D eigenvalue weighted by molar-refractivity contribution is -0.137. The van der Waals surface area contributed by atoms with Gasteiger partial charge in [-0.15, -0.1) is 0 Å². The standard InChI is InChI=1S/C27H30N2O5S/c1-3-32-27(33-4-2)17-18-29(35(30,31)25-13-9-6-10-14-25)26-19-24(16-15-23(26)20-28)34-21-22-11-7-5-8-12-22/h5-16,19,27H,3-4,17-18,21H2,1-2H3. The maximum atomic E-state index is 13.7. The maximum absolute atomic E-state index is 13.7. The monoisotopic (exact) mass is 494 g/mol. The van der Waals surface area contributed by atoms with Crippen molar-refractivity contribution >= 4 is 15.7 Å². The summed E-state index contributed by atoms with van der Waals surface area (Å²) in [6.45, 7) is 4.94. The lowest BCUT2D eigenvalue weighted by Gasteiger charge is -2.27. The highest BCUT2D eigenvalue weighted by Crippen LogP contribution is 2.31. The average molecular weight is 495 g/mol. The number of sulfonamides is 1. The Morgan fingerprint density at radius 2 is 1.54 bits per heavy atom. The predicted molar refractivity (Wildman–Crippen MR) is 135 cm³/mol. The molecule has 0 aliphatic carbocycles. The molecule has 0 aromatic heterocycles. The quantitative estimate of drug-likeness (QED) is 0.306. The molecule has 0 fully saturated rings. The smallest absolute Gasteiger partial charge is 0.264 e. The van der Waals surface area contributed by atoms with Crippen LogP contribution in [0.2, 0.25) is 0 Å². The summed E-state index contributed by atoms with van der Waals surface area (Å²) in [5.41, 5.74) is 1.44. The minimum absolute atomic E-state index is 0.0543. The highest BCUT2D eigenvalue weighted by Gasteiger charge is 2.28. The number of ether oxygens (including phenoxy) is 3. The second kappa shape index (κ2) is 12.9. The zero-order valence-corrected chi connectivity index (χ0v) is 20.8. The Hall–Kier alpha value is -3.38. The molecule has 184 valence electrons. The van der Waals surface area contributed by atoms with Crippen LogP contribution in [0.1, 0.15) is 31.4 Å². The van der Waals surface area contributed by atoms with Crippen molar-refractivity contribution in [3.8, 4) is 11.8 Å². The number of hydrogen-bond acceptors (Lipinski definition) is 6. The van der Waals surface area contributed by atoms with Gasteiger partial charge in [0.25, 0.3) is 10.0 Å². The summed E-state index contributed by atoms with van der Waals surface area (Å²) in [7, 11) is -3.98. The Morgan fingerprint density at radius 1 is 0.914 bits per heavy atom. The molecule has 35 heavy (non-hydrogen) atoms. The summed E-state index contributed by atoms with van der Waals surface area (Å²) in [5, 5.41) is 9.79. The van der Waals surface area contributed by atoms with E-state index < -0.39 is 16.3 Å². The topological polar surface area (TPSA) is 88.9 Å². The molecule has 0 saturated carbocycles. The molecular weight excluding hydrogens is 464 g/mol. The van der Waals surface area contributed by atoms with Crippen LogP contribution < -0.4 is 9.04 Å². The molecule has 0 aliphatic heterocycles. The first-order valence-corrected chi connectivity index (χ1v) is 13.0. The Morgan fingerprint density at radius 3 is 2.14 bits per heavy atom. The summed E-state index contributed by atoms with van der Waals surface area (Å²) in [5.74, 6) is 0.460. The van der Waals surface area contributed by atoms with E-state index in [0.717, 1.165) is 5.56 Å². The molecule has 0 unspecified atom stereocenters. The van der Waals surface area contributed by atoms with Crippen LogP contribution >= 0.6 is 0 Å². The summed E-state index contributed by atoms with van der Waals surface area (Å²) in [6, 6.07) is 24.8. The van der Waals surface area contributed by atoms with E-state index in [1.165, 1.54) is 16.4 Å². The number of nitriles is 1. The molecule has 0 spiro atoms. The lowest BCUT2D eigenvalue weighted by atomic mass is 10.1. The lowest BCUT2D eigenvalue weighted by Crippen LogP contribution is -2.35. The van der Waals surface area contributed by atoms with Gasteiger partial charge in [0, 0.05) is 32.2 Å². The van der Waals surface area contributed by atoms with Gasteiger partial charge in [-0.2, -0.15) is 5.26 Å². The first kappa shape index (κ1) is 26.2. The molecule has 3 aromatic rings. The molecule has 0 radical (unpaired) electrons. The van der Waals surface area contributed by atoms with Crippen molar-refractivity contribution in [3.63, 3.8) is 0 Å². The highest BCUT2D eigenvalue weighted by atomic mass is 32.2. The van der Waals surface area contributed by atoms with Crippen LogP contribution in [0.15, 0.2) is 83.8 Å². The van der Waals surface area contributed by atoms with E-state index >= 15 is 0 Å². The molecule has 0 heterocycles. The molecule has 0 N–H and O–H groups in total.